The molecule has 0 atom stereocenters. The maximum atomic E-state index is 13.4. The Morgan fingerprint density at radius 2 is 1.94 bits per heavy atom. The summed E-state index contributed by atoms with van der Waals surface area (Å²) in [5, 5.41) is 8.90. The Balaban J connectivity index is 1.37. The molecule has 2 heterocycles. The van der Waals surface area contributed by atoms with E-state index in [4.69, 9.17) is 0 Å². The van der Waals surface area contributed by atoms with Crippen LogP contribution in [0.5, 0.6) is 0 Å². The molecule has 1 amide bonds. The molecule has 5 nitrogen and oxygen atoms in total. The Morgan fingerprint density at radius 1 is 1.10 bits per heavy atom. The molecule has 0 fully saturated rings. The van der Waals surface area contributed by atoms with Gasteiger partial charge in [0.15, 0.2) is 0 Å². The number of anilines is 2. The first-order valence-electron chi connectivity index (χ1n) is 9.86. The minimum absolute atomic E-state index is 0.249. The van der Waals surface area contributed by atoms with E-state index in [1.165, 1.54) is 17.7 Å². The minimum atomic E-state index is -0.361. The highest BCUT2D eigenvalue weighted by Crippen LogP contribution is 2.24. The number of hydrogen-bond donors (Lipinski definition) is 2. The van der Waals surface area contributed by atoms with Gasteiger partial charge in [-0.2, -0.15) is 0 Å². The molecular formula is C24H21FN4OS. The molecule has 2 N–H and O–H groups in total. The number of hydrogen-bond acceptors (Lipinski definition) is 5. The summed E-state index contributed by atoms with van der Waals surface area (Å²) >= 11 is 1.59. The molecule has 156 valence electrons. The van der Waals surface area contributed by atoms with Crippen LogP contribution in [0.25, 0.3) is 10.6 Å². The predicted molar refractivity (Wildman–Crippen MR) is 122 cm³/mol. The first-order valence-corrected chi connectivity index (χ1v) is 10.7. The number of pyridine rings is 1. The average molecular weight is 433 g/mol. The number of nitrogens with one attached hydrogen (secondary N) is 2. The van der Waals surface area contributed by atoms with Gasteiger partial charge in [-0.25, -0.2) is 14.4 Å². The van der Waals surface area contributed by atoms with Crippen LogP contribution in [0.15, 0.2) is 72.2 Å². The predicted octanol–water partition coefficient (Wildman–Crippen LogP) is 5.37. The van der Waals surface area contributed by atoms with Crippen molar-refractivity contribution in [2.24, 2.45) is 0 Å². The Bertz CT molecular complexity index is 1190. The SMILES string of the molecule is Cc1ccc(-c2nc(CCNC(=O)c3cccnc3Nc3cccc(F)c3)cs2)cc1. The van der Waals surface area contributed by atoms with E-state index in [0.717, 1.165) is 16.3 Å². The zero-order valence-corrected chi connectivity index (χ0v) is 17.7. The normalized spacial score (nSPS) is 10.6. The number of amides is 1. The van der Waals surface area contributed by atoms with Crippen molar-refractivity contribution in [3.05, 3.63) is 94.9 Å². The third kappa shape index (κ3) is 5.32. The van der Waals surface area contributed by atoms with Crippen molar-refractivity contribution < 1.29 is 9.18 Å². The lowest BCUT2D eigenvalue weighted by atomic mass is 10.2. The highest BCUT2D eigenvalue weighted by atomic mass is 32.1. The van der Waals surface area contributed by atoms with Crippen LogP contribution in [0, 0.1) is 12.7 Å². The molecule has 2 aromatic carbocycles. The van der Waals surface area contributed by atoms with Gasteiger partial charge in [-0.05, 0) is 37.3 Å². The Kier molecular flexibility index (Phi) is 6.33. The summed E-state index contributed by atoms with van der Waals surface area (Å²) in [6.07, 6.45) is 2.21. The van der Waals surface area contributed by atoms with E-state index in [2.05, 4.69) is 51.8 Å². The molecule has 31 heavy (non-hydrogen) atoms. The molecule has 0 aliphatic carbocycles. The van der Waals surface area contributed by atoms with Crippen molar-refractivity contribution in [1.82, 2.24) is 15.3 Å². The minimum Gasteiger partial charge on any atom is -0.352 e. The van der Waals surface area contributed by atoms with Gasteiger partial charge in [-0.1, -0.05) is 35.9 Å². The van der Waals surface area contributed by atoms with Crippen molar-refractivity contribution in [2.75, 3.05) is 11.9 Å². The molecule has 0 radical (unpaired) electrons. The quantitative estimate of drug-likeness (QED) is 0.412. The van der Waals surface area contributed by atoms with Crippen molar-refractivity contribution in [3.8, 4) is 10.6 Å². The number of carbonyl (C=O) groups excluding carboxylic acids is 1. The van der Waals surface area contributed by atoms with Gasteiger partial charge in [0.1, 0.15) is 16.6 Å². The standard InChI is InChI=1S/C24H21FN4OS/c1-16-7-9-17(10-8-16)24-29-20(15-31-24)11-13-27-23(30)21-6-3-12-26-22(21)28-19-5-2-4-18(25)14-19/h2-10,12,14-15H,11,13H2,1H3,(H,26,28)(H,27,30). The number of halogens is 1. The number of thiazole rings is 1. The van der Waals surface area contributed by atoms with Crippen molar-refractivity contribution >= 4 is 28.7 Å². The Hall–Kier alpha value is -3.58. The third-order valence-corrected chi connectivity index (χ3v) is 5.60. The molecule has 0 aliphatic heterocycles. The van der Waals surface area contributed by atoms with Crippen LogP contribution in [0.2, 0.25) is 0 Å². The highest BCUT2D eigenvalue weighted by Gasteiger charge is 2.13. The maximum absolute atomic E-state index is 13.4. The third-order valence-electron chi connectivity index (χ3n) is 4.66. The molecule has 0 unspecified atom stereocenters. The molecule has 4 aromatic rings. The van der Waals surface area contributed by atoms with E-state index in [1.54, 1.807) is 41.8 Å². The lowest BCUT2D eigenvalue weighted by Gasteiger charge is -2.11. The summed E-state index contributed by atoms with van der Waals surface area (Å²) in [5.41, 5.74) is 4.16. The zero-order valence-electron chi connectivity index (χ0n) is 16.9. The largest absolute Gasteiger partial charge is 0.352 e. The first-order chi connectivity index (χ1) is 15.1. The number of benzene rings is 2. The van der Waals surface area contributed by atoms with Crippen LogP contribution >= 0.6 is 11.3 Å². The van der Waals surface area contributed by atoms with E-state index in [9.17, 15) is 9.18 Å². The number of carbonyl (C=O) groups is 1. The lowest BCUT2D eigenvalue weighted by Crippen LogP contribution is -2.26. The van der Waals surface area contributed by atoms with Gasteiger partial charge >= 0.3 is 0 Å². The van der Waals surface area contributed by atoms with E-state index < -0.39 is 0 Å². The van der Waals surface area contributed by atoms with E-state index in [1.807, 2.05) is 5.38 Å². The summed E-state index contributed by atoms with van der Waals surface area (Å²) < 4.78 is 13.4. The molecule has 0 saturated heterocycles. The molecule has 0 saturated carbocycles. The molecule has 0 aliphatic rings. The fourth-order valence-corrected chi connectivity index (χ4v) is 3.90. The van der Waals surface area contributed by atoms with Crippen LogP contribution in [0.4, 0.5) is 15.9 Å². The molecular weight excluding hydrogens is 411 g/mol. The molecule has 4 rings (SSSR count). The van der Waals surface area contributed by atoms with Gasteiger partial charge in [-0.3, -0.25) is 4.79 Å². The number of aromatic nitrogens is 2. The van der Waals surface area contributed by atoms with Gasteiger partial charge in [0.05, 0.1) is 11.3 Å². The maximum Gasteiger partial charge on any atom is 0.255 e. The summed E-state index contributed by atoms with van der Waals surface area (Å²) in [7, 11) is 0. The van der Waals surface area contributed by atoms with Crippen molar-refractivity contribution in [2.45, 2.75) is 13.3 Å². The fourth-order valence-electron chi connectivity index (χ4n) is 3.04. The first kappa shape index (κ1) is 20.7. The van der Waals surface area contributed by atoms with Gasteiger partial charge in [0, 0.05) is 35.8 Å². The fraction of sp³-hybridized carbons (Fsp3) is 0.125. The topological polar surface area (TPSA) is 66.9 Å². The molecule has 2 aromatic heterocycles. The van der Waals surface area contributed by atoms with Crippen molar-refractivity contribution in [3.63, 3.8) is 0 Å². The van der Waals surface area contributed by atoms with Crippen molar-refractivity contribution in [1.29, 1.82) is 0 Å². The second kappa shape index (κ2) is 9.49. The number of nitrogens with zero attached hydrogens (tertiary/aromatic N) is 2. The summed E-state index contributed by atoms with van der Waals surface area (Å²) in [4.78, 5) is 21.6. The summed E-state index contributed by atoms with van der Waals surface area (Å²) in [6.45, 7) is 2.51. The average Bonchev–Trinajstić information content (AvgIpc) is 3.23. The lowest BCUT2D eigenvalue weighted by molar-refractivity contribution is 0.0954. The molecule has 0 bridgehead atoms. The van der Waals surface area contributed by atoms with Crippen LogP contribution in [-0.4, -0.2) is 22.4 Å². The Labute approximate surface area is 184 Å². The molecule has 0 spiro atoms. The van der Waals surface area contributed by atoms with E-state index in [0.29, 0.717) is 30.0 Å². The van der Waals surface area contributed by atoms with Gasteiger partial charge < -0.3 is 10.6 Å². The highest BCUT2D eigenvalue weighted by molar-refractivity contribution is 7.13. The smallest absolute Gasteiger partial charge is 0.255 e. The van der Waals surface area contributed by atoms with E-state index >= 15 is 0 Å². The second-order valence-corrected chi connectivity index (χ2v) is 7.91. The number of rotatable bonds is 7. The van der Waals surface area contributed by atoms with Crippen LogP contribution in [-0.2, 0) is 6.42 Å². The summed E-state index contributed by atoms with van der Waals surface area (Å²) in [6, 6.07) is 17.7. The van der Waals surface area contributed by atoms with Crippen LogP contribution < -0.4 is 10.6 Å². The van der Waals surface area contributed by atoms with Crippen LogP contribution in [0.1, 0.15) is 21.6 Å². The Morgan fingerprint density at radius 3 is 2.74 bits per heavy atom. The summed E-state index contributed by atoms with van der Waals surface area (Å²) in [5.74, 6) is -0.234. The monoisotopic (exact) mass is 432 g/mol. The molecule has 7 heteroatoms. The number of aryl methyl sites for hydroxylation is 1. The van der Waals surface area contributed by atoms with Crippen LogP contribution in [0.3, 0.4) is 0 Å². The zero-order chi connectivity index (χ0) is 21.6. The van der Waals surface area contributed by atoms with Gasteiger partial charge in [0.2, 0.25) is 0 Å². The van der Waals surface area contributed by atoms with Gasteiger partial charge in [-0.15, -0.1) is 11.3 Å². The van der Waals surface area contributed by atoms with E-state index in [-0.39, 0.29) is 11.7 Å². The van der Waals surface area contributed by atoms with Gasteiger partial charge in [0.25, 0.3) is 5.91 Å². The second-order valence-electron chi connectivity index (χ2n) is 7.05.